The number of thiazole rings is 1. The number of hydrogen-bond acceptors (Lipinski definition) is 4. The van der Waals surface area contributed by atoms with Gasteiger partial charge < -0.3 is 5.32 Å². The summed E-state index contributed by atoms with van der Waals surface area (Å²) in [6.45, 7) is 3.90. The average Bonchev–Trinajstić information content (AvgIpc) is 3.06. The Morgan fingerprint density at radius 3 is 2.52 bits per heavy atom. The zero-order valence-corrected chi connectivity index (χ0v) is 15.5. The third-order valence-electron chi connectivity index (χ3n) is 3.58. The molecular formula is C19H17FN2OS2. The molecular weight excluding hydrogens is 355 g/mol. The van der Waals surface area contributed by atoms with Gasteiger partial charge in [0.15, 0.2) is 5.13 Å². The summed E-state index contributed by atoms with van der Waals surface area (Å²) in [5.74, 6) is -0.375. The van der Waals surface area contributed by atoms with E-state index in [1.54, 1.807) is 12.1 Å². The number of rotatable bonds is 5. The number of aromatic nitrogens is 1. The lowest BCUT2D eigenvalue weighted by Gasteiger charge is -2.10. The number of nitrogens with one attached hydrogen (secondary N) is 1. The molecule has 0 fully saturated rings. The van der Waals surface area contributed by atoms with Crippen molar-refractivity contribution in [1.82, 2.24) is 4.98 Å². The monoisotopic (exact) mass is 372 g/mol. The van der Waals surface area contributed by atoms with Crippen molar-refractivity contribution >= 4 is 34.1 Å². The smallest absolute Gasteiger partial charge is 0.239 e. The third kappa shape index (κ3) is 4.67. The summed E-state index contributed by atoms with van der Waals surface area (Å²) in [6.07, 6.45) is 0. The quantitative estimate of drug-likeness (QED) is 0.612. The highest BCUT2D eigenvalue weighted by Gasteiger charge is 2.16. The van der Waals surface area contributed by atoms with Gasteiger partial charge >= 0.3 is 0 Å². The van der Waals surface area contributed by atoms with E-state index < -0.39 is 0 Å². The van der Waals surface area contributed by atoms with Crippen molar-refractivity contribution < 1.29 is 9.18 Å². The maximum atomic E-state index is 13.0. The second-order valence-electron chi connectivity index (χ2n) is 5.61. The molecule has 0 radical (unpaired) electrons. The molecule has 3 nitrogen and oxygen atoms in total. The van der Waals surface area contributed by atoms with Gasteiger partial charge in [-0.25, -0.2) is 9.37 Å². The van der Waals surface area contributed by atoms with E-state index in [1.165, 1.54) is 40.8 Å². The van der Waals surface area contributed by atoms with Crippen LogP contribution in [-0.2, 0) is 4.79 Å². The lowest BCUT2D eigenvalue weighted by atomic mass is 10.2. The van der Waals surface area contributed by atoms with Crippen molar-refractivity contribution in [3.05, 3.63) is 65.3 Å². The third-order valence-corrected chi connectivity index (χ3v) is 5.45. The molecule has 2 aromatic carbocycles. The number of amides is 1. The number of nitrogens with zero attached hydrogens (tertiary/aromatic N) is 1. The SMILES string of the molecule is Cc1ccc(SC(C)C(=O)Nc2nc(-c3ccc(F)cc3)cs2)cc1. The van der Waals surface area contributed by atoms with Crippen LogP contribution in [0.1, 0.15) is 12.5 Å². The molecule has 0 saturated carbocycles. The van der Waals surface area contributed by atoms with Crippen molar-refractivity contribution in [2.24, 2.45) is 0 Å². The first-order chi connectivity index (χ1) is 12.0. The van der Waals surface area contributed by atoms with Crippen LogP contribution in [0.2, 0.25) is 0 Å². The van der Waals surface area contributed by atoms with E-state index in [1.807, 2.05) is 43.5 Å². The van der Waals surface area contributed by atoms with Crippen molar-refractivity contribution in [2.75, 3.05) is 5.32 Å². The Bertz CT molecular complexity index is 860. The van der Waals surface area contributed by atoms with E-state index in [9.17, 15) is 9.18 Å². The molecule has 128 valence electrons. The predicted molar refractivity (Wildman–Crippen MR) is 103 cm³/mol. The first-order valence-corrected chi connectivity index (χ1v) is 9.53. The minimum atomic E-state index is -0.283. The molecule has 1 amide bonds. The predicted octanol–water partition coefficient (Wildman–Crippen LogP) is 5.38. The molecule has 0 spiro atoms. The lowest BCUT2D eigenvalue weighted by molar-refractivity contribution is -0.115. The van der Waals surface area contributed by atoms with Gasteiger partial charge in [-0.2, -0.15) is 0 Å². The van der Waals surface area contributed by atoms with Gasteiger partial charge in [0.05, 0.1) is 10.9 Å². The zero-order valence-electron chi connectivity index (χ0n) is 13.8. The van der Waals surface area contributed by atoms with Crippen LogP contribution in [0, 0.1) is 12.7 Å². The van der Waals surface area contributed by atoms with Crippen LogP contribution >= 0.6 is 23.1 Å². The summed E-state index contributed by atoms with van der Waals surface area (Å²) in [4.78, 5) is 17.8. The number of carbonyl (C=O) groups is 1. The first-order valence-electron chi connectivity index (χ1n) is 7.77. The molecule has 0 aliphatic heterocycles. The van der Waals surface area contributed by atoms with Crippen molar-refractivity contribution in [2.45, 2.75) is 24.0 Å². The number of anilines is 1. The highest BCUT2D eigenvalue weighted by Crippen LogP contribution is 2.27. The second kappa shape index (κ2) is 7.80. The summed E-state index contributed by atoms with van der Waals surface area (Å²) in [5.41, 5.74) is 2.73. The topological polar surface area (TPSA) is 42.0 Å². The van der Waals surface area contributed by atoms with Gasteiger partial charge in [-0.05, 0) is 50.2 Å². The van der Waals surface area contributed by atoms with E-state index in [0.717, 1.165) is 16.2 Å². The number of benzene rings is 2. The molecule has 0 bridgehead atoms. The van der Waals surface area contributed by atoms with E-state index in [4.69, 9.17) is 0 Å². The first kappa shape index (κ1) is 17.6. The molecule has 0 aliphatic rings. The highest BCUT2D eigenvalue weighted by molar-refractivity contribution is 8.00. The number of aryl methyl sites for hydroxylation is 1. The Hall–Kier alpha value is -2.18. The molecule has 3 aromatic rings. The molecule has 1 heterocycles. The van der Waals surface area contributed by atoms with E-state index in [-0.39, 0.29) is 17.0 Å². The fourth-order valence-electron chi connectivity index (χ4n) is 2.17. The largest absolute Gasteiger partial charge is 0.301 e. The zero-order chi connectivity index (χ0) is 17.8. The van der Waals surface area contributed by atoms with Gasteiger partial charge in [0.25, 0.3) is 0 Å². The molecule has 25 heavy (non-hydrogen) atoms. The Morgan fingerprint density at radius 2 is 1.84 bits per heavy atom. The van der Waals surface area contributed by atoms with Gasteiger partial charge in [-0.15, -0.1) is 23.1 Å². The maximum Gasteiger partial charge on any atom is 0.239 e. The number of halogens is 1. The Balaban J connectivity index is 1.62. The molecule has 6 heteroatoms. The van der Waals surface area contributed by atoms with Gasteiger partial charge in [0.2, 0.25) is 5.91 Å². The fourth-order valence-corrected chi connectivity index (χ4v) is 3.76. The van der Waals surface area contributed by atoms with Crippen LogP contribution in [0.15, 0.2) is 58.8 Å². The summed E-state index contributed by atoms with van der Waals surface area (Å²) < 4.78 is 13.0. The van der Waals surface area contributed by atoms with E-state index in [0.29, 0.717) is 5.13 Å². The minimum absolute atomic E-state index is 0.0921. The van der Waals surface area contributed by atoms with E-state index >= 15 is 0 Å². The van der Waals surface area contributed by atoms with Gasteiger partial charge in [0, 0.05) is 15.8 Å². The van der Waals surface area contributed by atoms with Crippen LogP contribution in [0.4, 0.5) is 9.52 Å². The van der Waals surface area contributed by atoms with Crippen molar-refractivity contribution in [3.8, 4) is 11.3 Å². The number of carbonyl (C=O) groups excluding carboxylic acids is 1. The van der Waals surface area contributed by atoms with Crippen LogP contribution in [0.25, 0.3) is 11.3 Å². The van der Waals surface area contributed by atoms with Crippen LogP contribution in [0.5, 0.6) is 0 Å². The normalized spacial score (nSPS) is 12.0. The maximum absolute atomic E-state index is 13.0. The number of hydrogen-bond donors (Lipinski definition) is 1. The van der Waals surface area contributed by atoms with Crippen LogP contribution in [0.3, 0.4) is 0 Å². The Morgan fingerprint density at radius 1 is 1.16 bits per heavy atom. The highest BCUT2D eigenvalue weighted by atomic mass is 32.2. The summed E-state index contributed by atoms with van der Waals surface area (Å²) in [7, 11) is 0. The van der Waals surface area contributed by atoms with Gasteiger partial charge in [-0.3, -0.25) is 4.79 Å². The lowest BCUT2D eigenvalue weighted by Crippen LogP contribution is -2.22. The molecule has 1 aromatic heterocycles. The minimum Gasteiger partial charge on any atom is -0.301 e. The molecule has 3 rings (SSSR count). The summed E-state index contributed by atoms with van der Waals surface area (Å²) in [6, 6.07) is 14.2. The Labute approximate surface area is 154 Å². The number of thioether (sulfide) groups is 1. The van der Waals surface area contributed by atoms with Crippen molar-refractivity contribution in [3.63, 3.8) is 0 Å². The van der Waals surface area contributed by atoms with E-state index in [2.05, 4.69) is 10.3 Å². The molecule has 0 aliphatic carbocycles. The molecule has 1 unspecified atom stereocenters. The standard InChI is InChI=1S/C19H17FN2OS2/c1-12-3-9-16(10-4-12)25-13(2)18(23)22-19-21-17(11-24-19)14-5-7-15(20)8-6-14/h3-11,13H,1-2H3,(H,21,22,23). The molecule has 1 atom stereocenters. The molecule has 0 saturated heterocycles. The second-order valence-corrected chi connectivity index (χ2v) is 7.88. The van der Waals surface area contributed by atoms with Crippen LogP contribution < -0.4 is 5.32 Å². The summed E-state index contributed by atoms with van der Waals surface area (Å²) >= 11 is 2.86. The van der Waals surface area contributed by atoms with Crippen molar-refractivity contribution in [1.29, 1.82) is 0 Å². The van der Waals surface area contributed by atoms with Gasteiger partial charge in [0.1, 0.15) is 5.82 Å². The van der Waals surface area contributed by atoms with Crippen LogP contribution in [-0.4, -0.2) is 16.1 Å². The fraction of sp³-hybridized carbons (Fsp3) is 0.158. The Kier molecular flexibility index (Phi) is 5.50. The molecule has 1 N–H and O–H groups in total. The summed E-state index contributed by atoms with van der Waals surface area (Å²) in [5, 5.41) is 5.00. The average molecular weight is 372 g/mol. The van der Waals surface area contributed by atoms with Gasteiger partial charge in [-0.1, -0.05) is 17.7 Å².